The van der Waals surface area contributed by atoms with Gasteiger partial charge in [0.1, 0.15) is 0 Å². The lowest BCUT2D eigenvalue weighted by Crippen LogP contribution is -2.06. The Morgan fingerprint density at radius 2 is 0.423 bits per heavy atom. The quantitative estimate of drug-likeness (QED) is 0.0462. The number of ether oxygens (including phenoxy) is 2. The summed E-state index contributed by atoms with van der Waals surface area (Å²) in [5.74, 6) is -0.0577. The predicted molar refractivity (Wildman–Crippen MR) is 227 cm³/mol. The van der Waals surface area contributed by atoms with Gasteiger partial charge in [0.15, 0.2) is 0 Å². The molecular formula is C48H94O4. The van der Waals surface area contributed by atoms with Crippen LogP contribution in [-0.4, -0.2) is 25.2 Å². The molecule has 0 aromatic heterocycles. The van der Waals surface area contributed by atoms with Crippen molar-refractivity contribution in [3.05, 3.63) is 0 Å². The third-order valence-corrected chi connectivity index (χ3v) is 11.0. The highest BCUT2D eigenvalue weighted by Crippen LogP contribution is 2.16. The molecule has 0 aliphatic rings. The number of rotatable bonds is 45. The minimum atomic E-state index is -0.0289. The molecule has 0 rings (SSSR count). The topological polar surface area (TPSA) is 52.6 Å². The van der Waals surface area contributed by atoms with Gasteiger partial charge in [0.2, 0.25) is 0 Å². The summed E-state index contributed by atoms with van der Waals surface area (Å²) in [6.07, 6.45) is 53.7. The molecule has 0 aromatic carbocycles. The molecule has 52 heavy (non-hydrogen) atoms. The first-order valence-corrected chi connectivity index (χ1v) is 24.0. The van der Waals surface area contributed by atoms with E-state index < -0.39 is 0 Å². The van der Waals surface area contributed by atoms with E-state index >= 15 is 0 Å². The summed E-state index contributed by atoms with van der Waals surface area (Å²) in [6, 6.07) is 0. The van der Waals surface area contributed by atoms with E-state index in [4.69, 9.17) is 9.47 Å². The van der Waals surface area contributed by atoms with Crippen LogP contribution in [0.5, 0.6) is 0 Å². The average molecular weight is 735 g/mol. The zero-order valence-corrected chi connectivity index (χ0v) is 35.7. The molecule has 310 valence electrons. The first-order chi connectivity index (χ1) is 25.7. The number of esters is 2. The highest BCUT2D eigenvalue weighted by molar-refractivity contribution is 5.69. The molecule has 0 aromatic rings. The fourth-order valence-corrected chi connectivity index (χ4v) is 7.42. The van der Waals surface area contributed by atoms with Gasteiger partial charge in [0, 0.05) is 12.8 Å². The lowest BCUT2D eigenvalue weighted by molar-refractivity contribution is -0.144. The van der Waals surface area contributed by atoms with Gasteiger partial charge in [-0.25, -0.2) is 0 Å². The van der Waals surface area contributed by atoms with Crippen molar-refractivity contribution in [3.63, 3.8) is 0 Å². The second kappa shape index (κ2) is 46.1. The van der Waals surface area contributed by atoms with Crippen molar-refractivity contribution in [3.8, 4) is 0 Å². The monoisotopic (exact) mass is 735 g/mol. The van der Waals surface area contributed by atoms with E-state index in [2.05, 4.69) is 13.8 Å². The van der Waals surface area contributed by atoms with Gasteiger partial charge in [-0.05, 0) is 25.7 Å². The van der Waals surface area contributed by atoms with Crippen molar-refractivity contribution >= 4 is 11.9 Å². The van der Waals surface area contributed by atoms with Gasteiger partial charge >= 0.3 is 11.9 Å². The van der Waals surface area contributed by atoms with Crippen LogP contribution in [0.4, 0.5) is 0 Å². The third-order valence-electron chi connectivity index (χ3n) is 11.0. The van der Waals surface area contributed by atoms with Crippen LogP contribution in [0.1, 0.15) is 284 Å². The summed E-state index contributed by atoms with van der Waals surface area (Å²) in [5.41, 5.74) is 0. The second-order valence-corrected chi connectivity index (χ2v) is 16.4. The Morgan fingerprint density at radius 1 is 0.250 bits per heavy atom. The van der Waals surface area contributed by atoms with Crippen molar-refractivity contribution in [2.45, 2.75) is 284 Å². The van der Waals surface area contributed by atoms with E-state index in [1.54, 1.807) is 0 Å². The van der Waals surface area contributed by atoms with Crippen LogP contribution < -0.4 is 0 Å². The molecule has 0 saturated carbocycles. The van der Waals surface area contributed by atoms with Crippen LogP contribution in [-0.2, 0) is 19.1 Å². The Kier molecular flexibility index (Phi) is 45.2. The number of unbranched alkanes of at least 4 members (excludes halogenated alkanes) is 37. The molecule has 0 aliphatic heterocycles. The molecule has 0 saturated heterocycles. The first kappa shape index (κ1) is 50.9. The number of carbonyl (C=O) groups excluding carboxylic acids is 2. The number of carbonyl (C=O) groups is 2. The molecule has 0 unspecified atom stereocenters. The molecule has 0 fully saturated rings. The first-order valence-electron chi connectivity index (χ1n) is 24.0. The summed E-state index contributed by atoms with van der Waals surface area (Å²) in [6.45, 7) is 5.76. The van der Waals surface area contributed by atoms with E-state index in [1.165, 1.54) is 205 Å². The Balaban J connectivity index is 3.23. The van der Waals surface area contributed by atoms with Crippen molar-refractivity contribution in [1.29, 1.82) is 0 Å². The maximum atomic E-state index is 12.0. The van der Waals surface area contributed by atoms with Crippen LogP contribution >= 0.6 is 0 Å². The Labute approximate surface area is 326 Å². The maximum Gasteiger partial charge on any atom is 0.305 e. The van der Waals surface area contributed by atoms with Gasteiger partial charge < -0.3 is 9.47 Å². The SMILES string of the molecule is CCCCCCCCCCCCCCCCCCCOC(=O)CCCCCCCCC(=O)OCCCCCCCCCCCCCCCCCCC. The molecule has 0 heterocycles. The van der Waals surface area contributed by atoms with Gasteiger partial charge in [-0.2, -0.15) is 0 Å². The van der Waals surface area contributed by atoms with E-state index in [-0.39, 0.29) is 11.9 Å². The summed E-state index contributed by atoms with van der Waals surface area (Å²) < 4.78 is 10.9. The predicted octanol–water partition coefficient (Wildman–Crippen LogP) is 16.5. The smallest absolute Gasteiger partial charge is 0.305 e. The van der Waals surface area contributed by atoms with Gasteiger partial charge in [-0.15, -0.1) is 0 Å². The molecule has 0 atom stereocenters. The lowest BCUT2D eigenvalue weighted by atomic mass is 10.0. The van der Waals surface area contributed by atoms with Crippen LogP contribution in [0.2, 0.25) is 0 Å². The molecule has 0 bridgehead atoms. The van der Waals surface area contributed by atoms with Gasteiger partial charge in [0.25, 0.3) is 0 Å². The van der Waals surface area contributed by atoms with Gasteiger partial charge in [-0.3, -0.25) is 9.59 Å². The Morgan fingerprint density at radius 3 is 0.635 bits per heavy atom. The fraction of sp³-hybridized carbons (Fsp3) is 0.958. The van der Waals surface area contributed by atoms with Crippen LogP contribution in [0.25, 0.3) is 0 Å². The van der Waals surface area contributed by atoms with Gasteiger partial charge in [-0.1, -0.05) is 245 Å². The van der Waals surface area contributed by atoms with E-state index in [1.807, 2.05) is 0 Å². The summed E-state index contributed by atoms with van der Waals surface area (Å²) >= 11 is 0. The number of hydrogen-bond donors (Lipinski definition) is 0. The molecule has 0 aliphatic carbocycles. The van der Waals surface area contributed by atoms with Crippen molar-refractivity contribution < 1.29 is 19.1 Å². The summed E-state index contributed by atoms with van der Waals surface area (Å²) in [4.78, 5) is 24.0. The normalized spacial score (nSPS) is 11.3. The highest BCUT2D eigenvalue weighted by atomic mass is 16.5. The second-order valence-electron chi connectivity index (χ2n) is 16.4. The molecule has 0 spiro atoms. The molecule has 0 amide bonds. The minimum Gasteiger partial charge on any atom is -0.466 e. The minimum absolute atomic E-state index is 0.0289. The largest absolute Gasteiger partial charge is 0.466 e. The lowest BCUT2D eigenvalue weighted by Gasteiger charge is -2.06. The van der Waals surface area contributed by atoms with Crippen molar-refractivity contribution in [2.24, 2.45) is 0 Å². The highest BCUT2D eigenvalue weighted by Gasteiger charge is 2.05. The van der Waals surface area contributed by atoms with Crippen molar-refractivity contribution in [1.82, 2.24) is 0 Å². The van der Waals surface area contributed by atoms with E-state index in [9.17, 15) is 9.59 Å². The van der Waals surface area contributed by atoms with Gasteiger partial charge in [0.05, 0.1) is 13.2 Å². The summed E-state index contributed by atoms with van der Waals surface area (Å²) in [7, 11) is 0. The van der Waals surface area contributed by atoms with Crippen LogP contribution in [0.3, 0.4) is 0 Å². The standard InChI is InChI=1S/C48H94O4/c1-3-5-7-9-11-13-15-17-19-21-23-25-27-29-33-37-41-45-51-47(49)43-39-35-31-32-36-40-44-48(50)52-46-42-38-34-30-28-26-24-22-20-18-16-14-12-10-8-6-4-2/h3-46H2,1-2H3. The summed E-state index contributed by atoms with van der Waals surface area (Å²) in [5, 5.41) is 0. The number of hydrogen-bond acceptors (Lipinski definition) is 4. The molecule has 4 heteroatoms. The average Bonchev–Trinajstić information content (AvgIpc) is 3.14. The maximum absolute atomic E-state index is 12.0. The van der Waals surface area contributed by atoms with E-state index in [0.29, 0.717) is 26.1 Å². The van der Waals surface area contributed by atoms with Crippen LogP contribution in [0, 0.1) is 0 Å². The molecular weight excluding hydrogens is 641 g/mol. The Hall–Kier alpha value is -1.06. The zero-order valence-electron chi connectivity index (χ0n) is 35.7. The molecule has 0 N–H and O–H groups in total. The third kappa shape index (κ3) is 45.1. The zero-order chi connectivity index (χ0) is 37.7. The van der Waals surface area contributed by atoms with E-state index in [0.717, 1.165) is 51.4 Å². The molecule has 0 radical (unpaired) electrons. The molecule has 4 nitrogen and oxygen atoms in total. The van der Waals surface area contributed by atoms with Crippen LogP contribution in [0.15, 0.2) is 0 Å². The fourth-order valence-electron chi connectivity index (χ4n) is 7.42. The Bertz CT molecular complexity index is 634. The van der Waals surface area contributed by atoms with Crippen molar-refractivity contribution in [2.75, 3.05) is 13.2 Å².